The Morgan fingerprint density at radius 2 is 1.71 bits per heavy atom. The Balaban J connectivity index is 1.94. The van der Waals surface area contributed by atoms with E-state index >= 15 is 0 Å². The van der Waals surface area contributed by atoms with Gasteiger partial charge in [-0.15, -0.1) is 0 Å². The van der Waals surface area contributed by atoms with E-state index in [9.17, 15) is 0 Å². The van der Waals surface area contributed by atoms with Crippen LogP contribution in [-0.2, 0) is 15.9 Å². The highest BCUT2D eigenvalue weighted by Gasteiger charge is 2.45. The van der Waals surface area contributed by atoms with Crippen LogP contribution in [0.2, 0.25) is 0 Å². The molecular weight excluding hydrogens is 210 g/mol. The van der Waals surface area contributed by atoms with Gasteiger partial charge in [0.25, 0.3) is 0 Å². The van der Waals surface area contributed by atoms with E-state index < -0.39 is 0 Å². The third-order valence-electron chi connectivity index (χ3n) is 4.55. The molecule has 1 aromatic carbocycles. The molecular formula is C15H21NO. The second-order valence-electron chi connectivity index (χ2n) is 5.64. The summed E-state index contributed by atoms with van der Waals surface area (Å²) in [5, 5.41) is 0. The summed E-state index contributed by atoms with van der Waals surface area (Å²) in [6.45, 7) is 0. The molecule has 2 nitrogen and oxygen atoms in total. The van der Waals surface area contributed by atoms with Gasteiger partial charge in [-0.25, -0.2) is 0 Å². The minimum absolute atomic E-state index is 0.00493. The third-order valence-corrected chi connectivity index (χ3v) is 4.55. The first-order chi connectivity index (χ1) is 8.19. The van der Waals surface area contributed by atoms with E-state index in [-0.39, 0.29) is 11.1 Å². The molecule has 17 heavy (non-hydrogen) atoms. The Hall–Kier alpha value is -0.860. The van der Waals surface area contributed by atoms with Crippen molar-refractivity contribution in [2.75, 3.05) is 7.11 Å². The van der Waals surface area contributed by atoms with Gasteiger partial charge in [-0.05, 0) is 36.8 Å². The number of ether oxygens (including phenoxy) is 1. The highest BCUT2D eigenvalue weighted by atomic mass is 16.5. The van der Waals surface area contributed by atoms with Crippen LogP contribution < -0.4 is 5.73 Å². The Kier molecular flexibility index (Phi) is 2.53. The van der Waals surface area contributed by atoms with E-state index in [4.69, 9.17) is 10.5 Å². The zero-order valence-electron chi connectivity index (χ0n) is 10.5. The molecule has 2 saturated carbocycles. The van der Waals surface area contributed by atoms with E-state index in [2.05, 4.69) is 24.3 Å². The van der Waals surface area contributed by atoms with Gasteiger partial charge in [0.2, 0.25) is 0 Å². The van der Waals surface area contributed by atoms with Gasteiger partial charge in [-0.2, -0.15) is 0 Å². The van der Waals surface area contributed by atoms with Crippen LogP contribution in [0.5, 0.6) is 0 Å². The van der Waals surface area contributed by atoms with Crippen molar-refractivity contribution in [2.24, 2.45) is 5.73 Å². The number of hydrogen-bond acceptors (Lipinski definition) is 2. The summed E-state index contributed by atoms with van der Waals surface area (Å²) < 4.78 is 5.64. The van der Waals surface area contributed by atoms with Gasteiger partial charge in [0.05, 0.1) is 5.60 Å². The van der Waals surface area contributed by atoms with Crippen LogP contribution >= 0.6 is 0 Å². The molecule has 0 aromatic heterocycles. The molecule has 0 spiro atoms. The molecule has 1 aromatic rings. The van der Waals surface area contributed by atoms with Crippen molar-refractivity contribution in [3.63, 3.8) is 0 Å². The maximum absolute atomic E-state index is 6.51. The molecule has 92 valence electrons. The van der Waals surface area contributed by atoms with Crippen molar-refractivity contribution in [3.8, 4) is 0 Å². The average molecular weight is 231 g/mol. The fourth-order valence-corrected chi connectivity index (χ4v) is 3.13. The lowest BCUT2D eigenvalue weighted by molar-refractivity contribution is 0.0788. The van der Waals surface area contributed by atoms with Crippen molar-refractivity contribution in [3.05, 3.63) is 35.4 Å². The molecule has 0 saturated heterocycles. The number of methoxy groups -OCH3 is 1. The summed E-state index contributed by atoms with van der Waals surface area (Å²) in [6, 6.07) is 8.78. The normalized spacial score (nSPS) is 24.8. The largest absolute Gasteiger partial charge is 0.374 e. The van der Waals surface area contributed by atoms with Gasteiger partial charge in [0.15, 0.2) is 0 Å². The van der Waals surface area contributed by atoms with Crippen molar-refractivity contribution in [2.45, 2.75) is 49.7 Å². The predicted octanol–water partition coefficient (Wildman–Crippen LogP) is 3.05. The Bertz CT molecular complexity index is 417. The molecule has 2 aliphatic rings. The molecule has 2 heteroatoms. The molecule has 0 unspecified atom stereocenters. The molecule has 0 atom stereocenters. The second-order valence-corrected chi connectivity index (χ2v) is 5.64. The summed E-state index contributed by atoms with van der Waals surface area (Å²) in [5.41, 5.74) is 9.05. The van der Waals surface area contributed by atoms with Crippen LogP contribution in [0, 0.1) is 0 Å². The summed E-state index contributed by atoms with van der Waals surface area (Å²) in [5.74, 6) is 0. The fraction of sp³-hybridized carbons (Fsp3) is 0.600. The van der Waals surface area contributed by atoms with Gasteiger partial charge in [0.1, 0.15) is 0 Å². The van der Waals surface area contributed by atoms with E-state index in [0.717, 1.165) is 25.7 Å². The molecule has 0 aliphatic heterocycles. The summed E-state index contributed by atoms with van der Waals surface area (Å²) in [7, 11) is 1.81. The number of rotatable bonds is 3. The molecule has 2 N–H and O–H groups in total. The maximum atomic E-state index is 6.51. The van der Waals surface area contributed by atoms with Crippen molar-refractivity contribution in [1.82, 2.24) is 0 Å². The van der Waals surface area contributed by atoms with Gasteiger partial charge in [-0.1, -0.05) is 37.1 Å². The molecule has 2 fully saturated rings. The Morgan fingerprint density at radius 1 is 1.06 bits per heavy atom. The number of nitrogens with two attached hydrogens (primary N) is 1. The topological polar surface area (TPSA) is 35.2 Å². The molecule has 0 bridgehead atoms. The SMILES string of the molecule is COC1(c2cccc(C3(N)CCCC3)c2)CC1. The lowest BCUT2D eigenvalue weighted by Gasteiger charge is -2.26. The molecule has 0 amide bonds. The molecule has 2 aliphatic carbocycles. The lowest BCUT2D eigenvalue weighted by atomic mass is 9.87. The summed E-state index contributed by atoms with van der Waals surface area (Å²) >= 11 is 0. The van der Waals surface area contributed by atoms with Crippen LogP contribution in [0.15, 0.2) is 24.3 Å². The van der Waals surface area contributed by atoms with E-state index in [0.29, 0.717) is 0 Å². The predicted molar refractivity (Wildman–Crippen MR) is 68.7 cm³/mol. The molecule has 0 heterocycles. The van der Waals surface area contributed by atoms with Gasteiger partial charge in [-0.3, -0.25) is 0 Å². The Morgan fingerprint density at radius 3 is 2.29 bits per heavy atom. The number of hydrogen-bond donors (Lipinski definition) is 1. The standard InChI is InChI=1S/C15H21NO/c1-17-15(9-10-15)13-6-4-5-12(11-13)14(16)7-2-3-8-14/h4-6,11H,2-3,7-10,16H2,1H3. The van der Waals surface area contributed by atoms with Crippen LogP contribution in [0.3, 0.4) is 0 Å². The first kappa shape index (κ1) is 11.2. The second kappa shape index (κ2) is 3.82. The van der Waals surface area contributed by atoms with E-state index in [1.165, 1.54) is 24.0 Å². The third kappa shape index (κ3) is 1.80. The quantitative estimate of drug-likeness (QED) is 0.867. The molecule has 3 rings (SSSR count). The van der Waals surface area contributed by atoms with Crippen molar-refractivity contribution < 1.29 is 4.74 Å². The average Bonchev–Trinajstić information content (AvgIpc) is 3.06. The van der Waals surface area contributed by atoms with Crippen molar-refractivity contribution >= 4 is 0 Å². The first-order valence-corrected chi connectivity index (χ1v) is 6.64. The van der Waals surface area contributed by atoms with E-state index in [1.807, 2.05) is 7.11 Å². The lowest BCUT2D eigenvalue weighted by Crippen LogP contribution is -2.33. The van der Waals surface area contributed by atoms with Crippen LogP contribution in [0.1, 0.15) is 49.7 Å². The highest BCUT2D eigenvalue weighted by Crippen LogP contribution is 2.49. The Labute approximate surface area is 103 Å². The van der Waals surface area contributed by atoms with Gasteiger partial charge < -0.3 is 10.5 Å². The monoisotopic (exact) mass is 231 g/mol. The maximum Gasteiger partial charge on any atom is 0.0930 e. The van der Waals surface area contributed by atoms with E-state index in [1.54, 1.807) is 0 Å². The van der Waals surface area contributed by atoms with Crippen LogP contribution in [0.4, 0.5) is 0 Å². The van der Waals surface area contributed by atoms with Crippen molar-refractivity contribution in [1.29, 1.82) is 0 Å². The summed E-state index contributed by atoms with van der Waals surface area (Å²) in [6.07, 6.45) is 7.05. The highest BCUT2D eigenvalue weighted by molar-refractivity contribution is 5.36. The minimum atomic E-state index is -0.0835. The minimum Gasteiger partial charge on any atom is -0.374 e. The van der Waals surface area contributed by atoms with Crippen LogP contribution in [0.25, 0.3) is 0 Å². The van der Waals surface area contributed by atoms with Crippen LogP contribution in [-0.4, -0.2) is 7.11 Å². The fourth-order valence-electron chi connectivity index (χ4n) is 3.13. The van der Waals surface area contributed by atoms with Gasteiger partial charge in [0, 0.05) is 12.6 Å². The van der Waals surface area contributed by atoms with Gasteiger partial charge >= 0.3 is 0 Å². The zero-order chi connectivity index (χ0) is 11.9. The first-order valence-electron chi connectivity index (χ1n) is 6.64. The smallest absolute Gasteiger partial charge is 0.0930 e. The summed E-state index contributed by atoms with van der Waals surface area (Å²) in [4.78, 5) is 0. The number of benzene rings is 1. The zero-order valence-corrected chi connectivity index (χ0v) is 10.5. The molecule has 0 radical (unpaired) electrons.